The molecule has 0 unspecified atom stereocenters. The molecule has 0 radical (unpaired) electrons. The number of benzene rings is 1. The molecule has 0 aliphatic heterocycles. The molecule has 0 fully saturated rings. The van der Waals surface area contributed by atoms with Gasteiger partial charge in [-0.3, -0.25) is 4.98 Å². The second-order valence-electron chi connectivity index (χ2n) is 5.88. The second kappa shape index (κ2) is 7.00. The Bertz CT molecular complexity index is 1130. The number of fused-ring (bicyclic) bond motifs is 1. The summed E-state index contributed by atoms with van der Waals surface area (Å²) in [4.78, 5) is 26.8. The fraction of sp³-hybridized carbons (Fsp3) is 0.0526. The topological polar surface area (TPSA) is 106 Å². The molecular weight excluding hydrogens is 360 g/mol. The quantitative estimate of drug-likeness (QED) is 0.495. The van der Waals surface area contributed by atoms with Gasteiger partial charge in [0.1, 0.15) is 11.2 Å². The number of nitrogens with two attached hydrogens (primary N) is 1. The Morgan fingerprint density at radius 1 is 1.11 bits per heavy atom. The van der Waals surface area contributed by atoms with Gasteiger partial charge in [-0.2, -0.15) is 0 Å². The molecule has 2 amide bonds. The van der Waals surface area contributed by atoms with Crippen LogP contribution in [0.2, 0.25) is 0 Å². The van der Waals surface area contributed by atoms with E-state index in [4.69, 9.17) is 5.73 Å². The number of amides is 2. The van der Waals surface area contributed by atoms with Crippen LogP contribution in [-0.4, -0.2) is 21.0 Å². The van der Waals surface area contributed by atoms with Gasteiger partial charge in [0.25, 0.3) is 0 Å². The van der Waals surface area contributed by atoms with Crippen LogP contribution in [0.1, 0.15) is 4.88 Å². The summed E-state index contributed by atoms with van der Waals surface area (Å²) in [5.41, 5.74) is 9.78. The predicted molar refractivity (Wildman–Crippen MR) is 109 cm³/mol. The van der Waals surface area contributed by atoms with Crippen molar-refractivity contribution >= 4 is 44.6 Å². The Hall–Kier alpha value is -3.52. The Labute approximate surface area is 159 Å². The molecule has 4 rings (SSSR count). The highest BCUT2D eigenvalue weighted by Crippen LogP contribution is 2.37. The molecule has 3 aromatic heterocycles. The smallest absolute Gasteiger partial charge is 0.323 e. The fourth-order valence-corrected chi connectivity index (χ4v) is 3.67. The molecule has 0 saturated carbocycles. The molecular formula is C19H16N6OS. The first kappa shape index (κ1) is 16.9. The molecule has 0 aliphatic carbocycles. The monoisotopic (exact) mass is 376 g/mol. The third-order valence-electron chi connectivity index (χ3n) is 4.02. The molecule has 8 heteroatoms. The van der Waals surface area contributed by atoms with Crippen molar-refractivity contribution in [2.45, 2.75) is 6.92 Å². The fourth-order valence-electron chi connectivity index (χ4n) is 2.76. The average molecular weight is 376 g/mol. The van der Waals surface area contributed by atoms with Crippen LogP contribution < -0.4 is 16.4 Å². The van der Waals surface area contributed by atoms with Crippen molar-refractivity contribution in [3.8, 4) is 11.3 Å². The lowest BCUT2D eigenvalue weighted by atomic mass is 10.1. The van der Waals surface area contributed by atoms with Gasteiger partial charge in [-0.25, -0.2) is 14.8 Å². The molecule has 7 nitrogen and oxygen atoms in total. The maximum Gasteiger partial charge on any atom is 0.323 e. The molecule has 0 spiro atoms. The summed E-state index contributed by atoms with van der Waals surface area (Å²) in [6.07, 6.45) is 4.75. The van der Waals surface area contributed by atoms with Crippen molar-refractivity contribution in [3.05, 3.63) is 60.0 Å². The van der Waals surface area contributed by atoms with Crippen molar-refractivity contribution in [2.24, 2.45) is 0 Å². The number of pyridine rings is 1. The summed E-state index contributed by atoms with van der Waals surface area (Å²) < 4.78 is 0. The zero-order valence-corrected chi connectivity index (χ0v) is 15.2. The van der Waals surface area contributed by atoms with Crippen molar-refractivity contribution in [1.82, 2.24) is 15.0 Å². The summed E-state index contributed by atoms with van der Waals surface area (Å²) in [6, 6.07) is 10.6. The van der Waals surface area contributed by atoms with E-state index in [1.165, 1.54) is 6.33 Å². The molecule has 0 bridgehead atoms. The summed E-state index contributed by atoms with van der Waals surface area (Å²) in [5.74, 6) is 0. The zero-order valence-electron chi connectivity index (χ0n) is 14.4. The summed E-state index contributed by atoms with van der Waals surface area (Å²) in [5, 5.41) is 6.40. The SMILES string of the molecule is Cc1sc2ncnc(-c3cccc(NC(=O)Nc4cccnc4)c3)c2c1N. The van der Waals surface area contributed by atoms with Crippen molar-refractivity contribution < 1.29 is 4.79 Å². The minimum atomic E-state index is -0.348. The summed E-state index contributed by atoms with van der Waals surface area (Å²) >= 11 is 1.54. The van der Waals surface area contributed by atoms with E-state index in [0.29, 0.717) is 17.1 Å². The zero-order chi connectivity index (χ0) is 18.8. The number of thiophene rings is 1. The highest BCUT2D eigenvalue weighted by molar-refractivity contribution is 7.19. The van der Waals surface area contributed by atoms with E-state index < -0.39 is 0 Å². The molecule has 134 valence electrons. The Morgan fingerprint density at radius 3 is 2.74 bits per heavy atom. The molecule has 4 aromatic rings. The molecule has 4 N–H and O–H groups in total. The van der Waals surface area contributed by atoms with E-state index in [1.807, 2.05) is 31.2 Å². The van der Waals surface area contributed by atoms with Gasteiger partial charge in [-0.05, 0) is 31.2 Å². The van der Waals surface area contributed by atoms with Crippen LogP contribution in [-0.2, 0) is 0 Å². The lowest BCUT2D eigenvalue weighted by Crippen LogP contribution is -2.19. The van der Waals surface area contributed by atoms with E-state index in [0.717, 1.165) is 26.4 Å². The molecule has 1 aromatic carbocycles. The van der Waals surface area contributed by atoms with Gasteiger partial charge in [0.2, 0.25) is 0 Å². The van der Waals surface area contributed by atoms with Crippen LogP contribution in [0, 0.1) is 6.92 Å². The number of nitrogen functional groups attached to an aromatic ring is 1. The average Bonchev–Trinajstić information content (AvgIpc) is 2.97. The largest absolute Gasteiger partial charge is 0.397 e. The minimum absolute atomic E-state index is 0.348. The van der Waals surface area contributed by atoms with Crippen LogP contribution in [0.5, 0.6) is 0 Å². The molecule has 27 heavy (non-hydrogen) atoms. The Kier molecular flexibility index (Phi) is 4.39. The number of aryl methyl sites for hydroxylation is 1. The van der Waals surface area contributed by atoms with Gasteiger partial charge < -0.3 is 16.4 Å². The number of nitrogens with one attached hydrogen (secondary N) is 2. The van der Waals surface area contributed by atoms with E-state index in [9.17, 15) is 4.79 Å². The highest BCUT2D eigenvalue weighted by atomic mass is 32.1. The number of hydrogen-bond acceptors (Lipinski definition) is 6. The van der Waals surface area contributed by atoms with E-state index in [1.54, 1.807) is 35.9 Å². The maximum absolute atomic E-state index is 12.2. The van der Waals surface area contributed by atoms with Gasteiger partial charge in [-0.1, -0.05) is 12.1 Å². The minimum Gasteiger partial charge on any atom is -0.397 e. The number of hydrogen-bond donors (Lipinski definition) is 3. The Balaban J connectivity index is 1.63. The number of urea groups is 1. The first-order chi connectivity index (χ1) is 13.1. The van der Waals surface area contributed by atoms with Gasteiger partial charge >= 0.3 is 6.03 Å². The summed E-state index contributed by atoms with van der Waals surface area (Å²) in [6.45, 7) is 1.96. The number of rotatable bonds is 3. The summed E-state index contributed by atoms with van der Waals surface area (Å²) in [7, 11) is 0. The number of anilines is 3. The van der Waals surface area contributed by atoms with Crippen LogP contribution in [0.3, 0.4) is 0 Å². The standard InChI is InChI=1S/C19H16N6OS/c1-11-16(20)15-17(22-10-23-18(15)27-11)12-4-2-5-13(8-12)24-19(26)25-14-6-3-7-21-9-14/h2-10H,20H2,1H3,(H2,24,25,26). The van der Waals surface area contributed by atoms with Crippen molar-refractivity contribution in [1.29, 1.82) is 0 Å². The number of nitrogens with zero attached hydrogens (tertiary/aromatic N) is 3. The third kappa shape index (κ3) is 3.42. The maximum atomic E-state index is 12.2. The predicted octanol–water partition coefficient (Wildman–Crippen LogP) is 4.29. The first-order valence-corrected chi connectivity index (χ1v) is 9.01. The number of carbonyl (C=O) groups is 1. The van der Waals surface area contributed by atoms with Crippen LogP contribution in [0.25, 0.3) is 21.5 Å². The molecule has 0 aliphatic rings. The van der Waals surface area contributed by atoms with E-state index in [-0.39, 0.29) is 6.03 Å². The lowest BCUT2D eigenvalue weighted by molar-refractivity contribution is 0.262. The third-order valence-corrected chi connectivity index (χ3v) is 5.05. The second-order valence-corrected chi connectivity index (χ2v) is 7.08. The van der Waals surface area contributed by atoms with E-state index in [2.05, 4.69) is 25.6 Å². The Morgan fingerprint density at radius 2 is 1.93 bits per heavy atom. The number of carbonyl (C=O) groups excluding carboxylic acids is 1. The van der Waals surface area contributed by atoms with Crippen molar-refractivity contribution in [3.63, 3.8) is 0 Å². The van der Waals surface area contributed by atoms with Crippen LogP contribution in [0.15, 0.2) is 55.1 Å². The highest BCUT2D eigenvalue weighted by Gasteiger charge is 2.14. The van der Waals surface area contributed by atoms with Gasteiger partial charge in [0, 0.05) is 22.3 Å². The lowest BCUT2D eigenvalue weighted by Gasteiger charge is -2.09. The molecule has 3 heterocycles. The first-order valence-electron chi connectivity index (χ1n) is 8.20. The van der Waals surface area contributed by atoms with Crippen LogP contribution >= 0.6 is 11.3 Å². The van der Waals surface area contributed by atoms with Crippen LogP contribution in [0.4, 0.5) is 21.9 Å². The normalized spacial score (nSPS) is 10.7. The van der Waals surface area contributed by atoms with E-state index >= 15 is 0 Å². The van der Waals surface area contributed by atoms with Crippen molar-refractivity contribution in [2.75, 3.05) is 16.4 Å². The van der Waals surface area contributed by atoms with Gasteiger partial charge in [-0.15, -0.1) is 11.3 Å². The van der Waals surface area contributed by atoms with Gasteiger partial charge in [0.05, 0.1) is 28.7 Å². The number of aromatic nitrogens is 3. The molecule has 0 saturated heterocycles. The molecule has 0 atom stereocenters. The van der Waals surface area contributed by atoms with Gasteiger partial charge in [0.15, 0.2) is 0 Å².